The first-order chi connectivity index (χ1) is 12.8. The first-order valence-corrected chi connectivity index (χ1v) is 9.14. The van der Waals surface area contributed by atoms with Crippen LogP contribution in [0.2, 0.25) is 5.02 Å². The summed E-state index contributed by atoms with van der Waals surface area (Å²) in [5.74, 6) is -1.26. The van der Waals surface area contributed by atoms with Crippen LogP contribution >= 0.6 is 23.4 Å². The Bertz CT molecular complexity index is 855. The molecule has 2 rings (SSSR count). The molecule has 0 unspecified atom stereocenters. The monoisotopic (exact) mass is 408 g/mol. The Hall–Kier alpha value is -2.58. The molecule has 0 bridgehead atoms. The molecule has 142 valence electrons. The fourth-order valence-electron chi connectivity index (χ4n) is 2.08. The molecule has 0 aliphatic rings. The fraction of sp³-hybridized carbons (Fsp3) is 0.222. The Balaban J connectivity index is 2.23. The molecular weight excluding hydrogens is 392 g/mol. The summed E-state index contributed by atoms with van der Waals surface area (Å²) in [7, 11) is 0. The number of rotatable bonds is 7. The number of hydrogen-bond donors (Lipinski definition) is 1. The second-order valence-electron chi connectivity index (χ2n) is 5.79. The van der Waals surface area contributed by atoms with E-state index >= 15 is 0 Å². The third kappa shape index (κ3) is 6.26. The lowest BCUT2D eigenvalue weighted by Crippen LogP contribution is -2.34. The van der Waals surface area contributed by atoms with E-state index in [0.717, 1.165) is 11.0 Å². The second-order valence-corrected chi connectivity index (χ2v) is 7.34. The highest BCUT2D eigenvalue weighted by molar-refractivity contribution is 7.99. The molecule has 2 aromatic rings. The zero-order valence-electron chi connectivity index (χ0n) is 14.6. The first kappa shape index (κ1) is 20.7. The number of esters is 1. The number of nitrogens with zero attached hydrogens (tertiary/aromatic N) is 1. The van der Waals surface area contributed by atoms with Gasteiger partial charge in [-0.05, 0) is 44.2 Å². The van der Waals surface area contributed by atoms with Crippen molar-refractivity contribution in [1.82, 2.24) is 5.32 Å². The van der Waals surface area contributed by atoms with Gasteiger partial charge in [0.25, 0.3) is 11.6 Å². The van der Waals surface area contributed by atoms with E-state index in [0.29, 0.717) is 9.92 Å². The van der Waals surface area contributed by atoms with E-state index in [1.165, 1.54) is 23.9 Å². The van der Waals surface area contributed by atoms with Crippen molar-refractivity contribution >= 4 is 40.9 Å². The van der Waals surface area contributed by atoms with Crippen molar-refractivity contribution < 1.29 is 19.2 Å². The number of nitro benzene ring substituents is 1. The van der Waals surface area contributed by atoms with Crippen molar-refractivity contribution in [2.45, 2.75) is 29.7 Å². The van der Waals surface area contributed by atoms with Crippen LogP contribution < -0.4 is 5.32 Å². The van der Waals surface area contributed by atoms with E-state index in [9.17, 15) is 19.7 Å². The zero-order valence-corrected chi connectivity index (χ0v) is 16.2. The van der Waals surface area contributed by atoms with E-state index in [1.54, 1.807) is 38.1 Å². The molecule has 0 saturated heterocycles. The summed E-state index contributed by atoms with van der Waals surface area (Å²) in [5, 5.41) is 14.2. The van der Waals surface area contributed by atoms with Gasteiger partial charge in [-0.25, -0.2) is 4.79 Å². The Morgan fingerprint density at radius 2 is 1.89 bits per heavy atom. The maximum atomic E-state index is 12.4. The molecule has 1 N–H and O–H groups in total. The van der Waals surface area contributed by atoms with Gasteiger partial charge in [0.15, 0.2) is 6.61 Å². The molecule has 0 aliphatic carbocycles. The summed E-state index contributed by atoms with van der Waals surface area (Å²) >= 11 is 7.10. The van der Waals surface area contributed by atoms with Gasteiger partial charge >= 0.3 is 5.97 Å². The van der Waals surface area contributed by atoms with Crippen LogP contribution in [0.15, 0.2) is 52.3 Å². The van der Waals surface area contributed by atoms with Gasteiger partial charge in [-0.1, -0.05) is 23.4 Å². The van der Waals surface area contributed by atoms with Crippen LogP contribution in [-0.2, 0) is 9.53 Å². The highest BCUT2D eigenvalue weighted by atomic mass is 35.5. The number of carbonyl (C=O) groups excluding carboxylic acids is 2. The Morgan fingerprint density at radius 1 is 1.22 bits per heavy atom. The number of nitrogens with one attached hydrogen (secondary N) is 1. The molecular formula is C18H17ClN2O5S. The number of non-ortho nitro benzene ring substituents is 1. The predicted octanol–water partition coefficient (Wildman–Crippen LogP) is 4.08. The van der Waals surface area contributed by atoms with Gasteiger partial charge < -0.3 is 10.1 Å². The Kier molecular flexibility index (Phi) is 7.20. The van der Waals surface area contributed by atoms with E-state index in [1.807, 2.05) is 0 Å². The van der Waals surface area contributed by atoms with Gasteiger partial charge in [0, 0.05) is 33.0 Å². The minimum absolute atomic E-state index is 0.0153. The molecule has 1 amide bonds. The number of nitro groups is 1. The lowest BCUT2D eigenvalue weighted by molar-refractivity contribution is -0.384. The van der Waals surface area contributed by atoms with Crippen molar-refractivity contribution in [1.29, 1.82) is 0 Å². The smallest absolute Gasteiger partial charge is 0.340 e. The average molecular weight is 409 g/mol. The molecule has 7 nitrogen and oxygen atoms in total. The van der Waals surface area contributed by atoms with Crippen molar-refractivity contribution in [3.05, 3.63) is 63.2 Å². The van der Waals surface area contributed by atoms with Crippen molar-refractivity contribution in [3.63, 3.8) is 0 Å². The van der Waals surface area contributed by atoms with E-state index in [-0.39, 0.29) is 17.3 Å². The van der Waals surface area contributed by atoms with Gasteiger partial charge in [0.2, 0.25) is 0 Å². The van der Waals surface area contributed by atoms with Gasteiger partial charge in [0.1, 0.15) is 0 Å². The minimum atomic E-state index is -0.811. The number of benzene rings is 2. The number of ether oxygens (including phenoxy) is 1. The molecule has 0 radical (unpaired) electrons. The van der Waals surface area contributed by atoms with Crippen molar-refractivity contribution in [2.75, 3.05) is 6.61 Å². The lowest BCUT2D eigenvalue weighted by Gasteiger charge is -2.11. The highest BCUT2D eigenvalue weighted by Gasteiger charge is 2.20. The number of amides is 1. The third-order valence-corrected chi connectivity index (χ3v) is 4.56. The standard InChI is InChI=1S/C18H17ClN2O5S/c1-11(2)20-17(22)10-26-18(23)15-9-13(21(24)25)5-8-16(15)27-14-6-3-12(19)4-7-14/h3-9,11H,10H2,1-2H3,(H,20,22). The van der Waals surface area contributed by atoms with Crippen LogP contribution in [0.5, 0.6) is 0 Å². The summed E-state index contributed by atoms with van der Waals surface area (Å²) < 4.78 is 5.01. The molecule has 0 fully saturated rings. The normalized spacial score (nSPS) is 10.5. The first-order valence-electron chi connectivity index (χ1n) is 7.94. The summed E-state index contributed by atoms with van der Waals surface area (Å²) in [6.45, 7) is 3.09. The topological polar surface area (TPSA) is 98.5 Å². The van der Waals surface area contributed by atoms with E-state index in [2.05, 4.69) is 5.32 Å². The van der Waals surface area contributed by atoms with Crippen molar-refractivity contribution in [3.8, 4) is 0 Å². The SMILES string of the molecule is CC(C)NC(=O)COC(=O)c1cc([N+](=O)[O-])ccc1Sc1ccc(Cl)cc1. The maximum absolute atomic E-state index is 12.4. The van der Waals surface area contributed by atoms with Crippen LogP contribution in [0.25, 0.3) is 0 Å². The van der Waals surface area contributed by atoms with Crippen molar-refractivity contribution in [2.24, 2.45) is 0 Å². The van der Waals surface area contributed by atoms with E-state index in [4.69, 9.17) is 16.3 Å². The van der Waals surface area contributed by atoms with Crippen LogP contribution in [-0.4, -0.2) is 29.4 Å². The molecule has 0 heterocycles. The van der Waals surface area contributed by atoms with Crippen LogP contribution in [0.4, 0.5) is 5.69 Å². The zero-order chi connectivity index (χ0) is 20.0. The molecule has 0 spiro atoms. The highest BCUT2D eigenvalue weighted by Crippen LogP contribution is 2.33. The largest absolute Gasteiger partial charge is 0.452 e. The summed E-state index contributed by atoms with van der Waals surface area (Å²) in [6.07, 6.45) is 0. The van der Waals surface area contributed by atoms with Gasteiger partial charge in [0.05, 0.1) is 10.5 Å². The van der Waals surface area contributed by atoms with E-state index < -0.39 is 23.4 Å². The van der Waals surface area contributed by atoms with Gasteiger partial charge in [-0.15, -0.1) is 0 Å². The quantitative estimate of drug-likeness (QED) is 0.421. The molecule has 27 heavy (non-hydrogen) atoms. The number of halogens is 1. The van der Waals surface area contributed by atoms with Crippen LogP contribution in [0.3, 0.4) is 0 Å². The maximum Gasteiger partial charge on any atom is 0.340 e. The molecule has 0 atom stereocenters. The molecule has 0 aliphatic heterocycles. The fourth-order valence-corrected chi connectivity index (χ4v) is 3.12. The van der Waals surface area contributed by atoms with Crippen LogP contribution in [0, 0.1) is 10.1 Å². The molecule has 2 aromatic carbocycles. The van der Waals surface area contributed by atoms with Gasteiger partial charge in [-0.2, -0.15) is 0 Å². The molecule has 0 aromatic heterocycles. The average Bonchev–Trinajstić information content (AvgIpc) is 2.61. The predicted molar refractivity (Wildman–Crippen MR) is 102 cm³/mol. The Labute approximate surface area is 165 Å². The minimum Gasteiger partial charge on any atom is -0.452 e. The second kappa shape index (κ2) is 9.38. The molecule has 9 heteroatoms. The number of carbonyl (C=O) groups is 2. The lowest BCUT2D eigenvalue weighted by atomic mass is 10.2. The number of hydrogen-bond acceptors (Lipinski definition) is 6. The summed E-state index contributed by atoms with van der Waals surface area (Å²) in [6, 6.07) is 10.8. The van der Waals surface area contributed by atoms with Gasteiger partial charge in [-0.3, -0.25) is 14.9 Å². The molecule has 0 saturated carbocycles. The summed E-state index contributed by atoms with van der Waals surface area (Å²) in [4.78, 5) is 35.8. The van der Waals surface area contributed by atoms with Crippen LogP contribution in [0.1, 0.15) is 24.2 Å². The Morgan fingerprint density at radius 3 is 2.48 bits per heavy atom. The third-order valence-electron chi connectivity index (χ3n) is 3.22. The summed E-state index contributed by atoms with van der Waals surface area (Å²) in [5.41, 5.74) is -0.226.